The zero-order valence-electron chi connectivity index (χ0n) is 10.4. The molecule has 0 saturated carbocycles. The van der Waals surface area contributed by atoms with Crippen molar-refractivity contribution in [1.29, 1.82) is 0 Å². The van der Waals surface area contributed by atoms with Crippen molar-refractivity contribution in [3.05, 3.63) is 0 Å². The molecule has 1 nitrogen and oxygen atoms in total. The Morgan fingerprint density at radius 2 is 1.57 bits per heavy atom. The zero-order chi connectivity index (χ0) is 10.3. The first-order chi connectivity index (χ1) is 6.14. The number of rotatable bonds is 7. The second-order valence-electron chi connectivity index (χ2n) is 3.99. The molecule has 0 aromatic rings. The van der Waals surface area contributed by atoms with Crippen LogP contribution in [-0.4, -0.2) is 4.87 Å². The molecule has 1 atom stereocenters. The first-order valence-corrected chi connectivity index (χ1v) is 6.21. The van der Waals surface area contributed by atoms with Gasteiger partial charge in [-0.05, 0) is 25.2 Å². The Bertz CT molecular complexity index is 121. The summed E-state index contributed by atoms with van der Waals surface area (Å²) in [6.07, 6.45) is 7.35. The highest BCUT2D eigenvalue weighted by molar-refractivity contribution is 6.24. The zero-order valence-corrected chi connectivity index (χ0v) is 11.2. The van der Waals surface area contributed by atoms with E-state index < -0.39 is 0 Å². The van der Waals surface area contributed by atoms with Gasteiger partial charge in [0.05, 0.1) is 0 Å². The maximum atomic E-state index is 6.61. The maximum absolute atomic E-state index is 6.61. The fourth-order valence-electron chi connectivity index (χ4n) is 2.11. The molecule has 0 rings (SSSR count). The Morgan fingerprint density at radius 1 is 1.07 bits per heavy atom. The Kier molecular flexibility index (Phi) is 10.2. The van der Waals surface area contributed by atoms with Gasteiger partial charge in [-0.15, -0.1) is 11.6 Å². The molecular formula is C12H28ClN. The van der Waals surface area contributed by atoms with Crippen molar-refractivity contribution in [1.82, 2.24) is 6.15 Å². The van der Waals surface area contributed by atoms with E-state index in [9.17, 15) is 0 Å². The highest BCUT2D eigenvalue weighted by Gasteiger charge is 2.31. The van der Waals surface area contributed by atoms with E-state index in [1.54, 1.807) is 0 Å². The smallest absolute Gasteiger partial charge is 0.0469 e. The van der Waals surface area contributed by atoms with Crippen LogP contribution in [0.4, 0.5) is 0 Å². The fourth-order valence-corrected chi connectivity index (χ4v) is 2.37. The molecule has 2 heteroatoms. The lowest BCUT2D eigenvalue weighted by atomic mass is 9.82. The van der Waals surface area contributed by atoms with Gasteiger partial charge in [0.15, 0.2) is 0 Å². The molecule has 0 fully saturated rings. The predicted molar refractivity (Wildman–Crippen MR) is 67.5 cm³/mol. The molecule has 0 saturated heterocycles. The number of alkyl halides is 1. The molecule has 0 aromatic heterocycles. The van der Waals surface area contributed by atoms with Gasteiger partial charge in [-0.2, -0.15) is 0 Å². The third-order valence-electron chi connectivity index (χ3n) is 3.31. The minimum Gasteiger partial charge on any atom is -0.344 e. The van der Waals surface area contributed by atoms with Crippen LogP contribution >= 0.6 is 11.6 Å². The topological polar surface area (TPSA) is 35.0 Å². The van der Waals surface area contributed by atoms with Gasteiger partial charge in [0.2, 0.25) is 0 Å². The van der Waals surface area contributed by atoms with Crippen LogP contribution in [0.3, 0.4) is 0 Å². The van der Waals surface area contributed by atoms with Crippen LogP contribution in [0.25, 0.3) is 0 Å². The van der Waals surface area contributed by atoms with Gasteiger partial charge in [-0.1, -0.05) is 47.0 Å². The van der Waals surface area contributed by atoms with E-state index in [2.05, 4.69) is 27.7 Å². The van der Waals surface area contributed by atoms with Gasteiger partial charge >= 0.3 is 0 Å². The quantitative estimate of drug-likeness (QED) is 0.592. The highest BCUT2D eigenvalue weighted by atomic mass is 35.5. The van der Waals surface area contributed by atoms with E-state index in [1.165, 1.54) is 25.7 Å². The maximum Gasteiger partial charge on any atom is 0.0469 e. The van der Waals surface area contributed by atoms with Crippen molar-refractivity contribution in [3.8, 4) is 0 Å². The van der Waals surface area contributed by atoms with E-state index in [1.807, 2.05) is 0 Å². The monoisotopic (exact) mass is 221 g/mol. The van der Waals surface area contributed by atoms with Crippen molar-refractivity contribution < 1.29 is 0 Å². The lowest BCUT2D eigenvalue weighted by Crippen LogP contribution is -2.30. The molecule has 14 heavy (non-hydrogen) atoms. The van der Waals surface area contributed by atoms with Gasteiger partial charge in [0, 0.05) is 4.87 Å². The van der Waals surface area contributed by atoms with Crippen LogP contribution in [-0.2, 0) is 0 Å². The van der Waals surface area contributed by atoms with Crippen LogP contribution in [0.1, 0.15) is 66.2 Å². The Hall–Kier alpha value is 0.250. The molecule has 0 radical (unpaired) electrons. The molecule has 0 aliphatic carbocycles. The van der Waals surface area contributed by atoms with Gasteiger partial charge < -0.3 is 6.15 Å². The van der Waals surface area contributed by atoms with E-state index in [0.717, 1.165) is 12.8 Å². The predicted octanol–water partition coefficient (Wildman–Crippen LogP) is 5.16. The van der Waals surface area contributed by atoms with Crippen LogP contribution in [0.5, 0.6) is 0 Å². The standard InChI is InChI=1S/C12H25Cl.H3N/c1-5-9-10-11(6-2)12(13,7-3)8-4;/h11H,5-10H2,1-4H3;1H3. The highest BCUT2D eigenvalue weighted by Crippen LogP contribution is 2.37. The molecule has 0 amide bonds. The molecule has 0 heterocycles. The summed E-state index contributed by atoms with van der Waals surface area (Å²) in [5.41, 5.74) is 0. The van der Waals surface area contributed by atoms with Crippen LogP contribution in [0.2, 0.25) is 0 Å². The SMILES string of the molecule is CCCCC(CC)C(Cl)(CC)CC.N. The summed E-state index contributed by atoms with van der Waals surface area (Å²) in [7, 11) is 0. The summed E-state index contributed by atoms with van der Waals surface area (Å²) in [6, 6.07) is 0. The number of halogens is 1. The van der Waals surface area contributed by atoms with Gasteiger partial charge in [-0.25, -0.2) is 0 Å². The van der Waals surface area contributed by atoms with Crippen molar-refractivity contribution in [2.45, 2.75) is 71.1 Å². The first-order valence-electron chi connectivity index (χ1n) is 5.83. The van der Waals surface area contributed by atoms with Crippen molar-refractivity contribution in [2.75, 3.05) is 0 Å². The second kappa shape index (κ2) is 8.55. The summed E-state index contributed by atoms with van der Waals surface area (Å²) in [5.74, 6) is 0.712. The van der Waals surface area contributed by atoms with Crippen molar-refractivity contribution in [2.24, 2.45) is 5.92 Å². The molecule has 88 valence electrons. The summed E-state index contributed by atoms with van der Waals surface area (Å²) < 4.78 is 0. The molecule has 0 aromatic carbocycles. The Balaban J connectivity index is 0. The van der Waals surface area contributed by atoms with Crippen molar-refractivity contribution in [3.63, 3.8) is 0 Å². The Morgan fingerprint density at radius 3 is 1.86 bits per heavy atom. The van der Waals surface area contributed by atoms with Crippen LogP contribution in [0.15, 0.2) is 0 Å². The molecule has 0 bridgehead atoms. The average molecular weight is 222 g/mol. The molecule has 0 aliphatic heterocycles. The fraction of sp³-hybridized carbons (Fsp3) is 1.00. The molecule has 1 unspecified atom stereocenters. The average Bonchev–Trinajstić information content (AvgIpc) is 2.18. The van der Waals surface area contributed by atoms with Crippen molar-refractivity contribution >= 4 is 11.6 Å². The molecular weight excluding hydrogens is 194 g/mol. The largest absolute Gasteiger partial charge is 0.344 e. The summed E-state index contributed by atoms with van der Waals surface area (Å²) in [5, 5.41) is 0. The van der Waals surface area contributed by atoms with Crippen LogP contribution < -0.4 is 6.15 Å². The molecule has 0 spiro atoms. The minimum atomic E-state index is 0. The number of hydrogen-bond acceptors (Lipinski definition) is 1. The van der Waals surface area contributed by atoms with E-state index in [4.69, 9.17) is 11.6 Å². The third-order valence-corrected chi connectivity index (χ3v) is 4.15. The van der Waals surface area contributed by atoms with E-state index >= 15 is 0 Å². The second-order valence-corrected chi connectivity index (χ2v) is 4.74. The minimum absolute atomic E-state index is 0. The third kappa shape index (κ3) is 4.65. The molecule has 3 N–H and O–H groups in total. The lowest BCUT2D eigenvalue weighted by Gasteiger charge is -2.33. The first kappa shape index (κ1) is 16.7. The molecule has 0 aliphatic rings. The van der Waals surface area contributed by atoms with Gasteiger partial charge in [0.1, 0.15) is 0 Å². The summed E-state index contributed by atoms with van der Waals surface area (Å²) in [4.78, 5) is 0.0733. The number of unbranched alkanes of at least 4 members (excludes halogenated alkanes) is 1. The van der Waals surface area contributed by atoms with Gasteiger partial charge in [-0.3, -0.25) is 0 Å². The van der Waals surface area contributed by atoms with Crippen LogP contribution in [0, 0.1) is 5.92 Å². The lowest BCUT2D eigenvalue weighted by molar-refractivity contribution is 0.310. The normalized spacial score (nSPS) is 13.5. The number of hydrogen-bond donors (Lipinski definition) is 1. The van der Waals surface area contributed by atoms with E-state index in [0.29, 0.717) is 5.92 Å². The summed E-state index contributed by atoms with van der Waals surface area (Å²) >= 11 is 6.61. The Labute approximate surface area is 95.2 Å². The summed E-state index contributed by atoms with van der Waals surface area (Å²) in [6.45, 7) is 8.94. The van der Waals surface area contributed by atoms with Gasteiger partial charge in [0.25, 0.3) is 0 Å². The van der Waals surface area contributed by atoms with E-state index in [-0.39, 0.29) is 11.0 Å².